The van der Waals surface area contributed by atoms with Gasteiger partial charge < -0.3 is 5.11 Å². The molecule has 0 aliphatic carbocycles. The quantitative estimate of drug-likeness (QED) is 0.750. The first kappa shape index (κ1) is 13.9. The number of alkyl halides is 4. The van der Waals surface area contributed by atoms with E-state index in [1.165, 1.54) is 0 Å². The summed E-state index contributed by atoms with van der Waals surface area (Å²) < 4.78 is 50.2. The van der Waals surface area contributed by atoms with Crippen molar-refractivity contribution < 1.29 is 22.7 Å². The Hall–Kier alpha value is -0.0700. The standard InChI is InChI=1S/C7H11F4NO.ClH/c8-6(9)4-12(2-1-3-13)5-7(6,10)11;/h13H,1-5H2;1H. The van der Waals surface area contributed by atoms with Gasteiger partial charge in [0.25, 0.3) is 0 Å². The summed E-state index contributed by atoms with van der Waals surface area (Å²) >= 11 is 0. The third-order valence-corrected chi connectivity index (χ3v) is 2.01. The number of aliphatic hydroxyl groups is 1. The summed E-state index contributed by atoms with van der Waals surface area (Å²) in [6, 6.07) is 0. The van der Waals surface area contributed by atoms with Crippen LogP contribution in [0.2, 0.25) is 0 Å². The van der Waals surface area contributed by atoms with Gasteiger partial charge in [0.05, 0.1) is 13.1 Å². The fourth-order valence-electron chi connectivity index (χ4n) is 1.30. The van der Waals surface area contributed by atoms with Crippen molar-refractivity contribution in [2.75, 3.05) is 26.2 Å². The van der Waals surface area contributed by atoms with Crippen molar-refractivity contribution in [2.24, 2.45) is 0 Å². The highest BCUT2D eigenvalue weighted by Gasteiger charge is 2.62. The molecule has 2 nitrogen and oxygen atoms in total. The second kappa shape index (κ2) is 4.63. The molecule has 0 aromatic carbocycles. The molecule has 1 fully saturated rings. The van der Waals surface area contributed by atoms with Gasteiger partial charge in [-0.15, -0.1) is 12.4 Å². The number of rotatable bonds is 3. The van der Waals surface area contributed by atoms with Crippen molar-refractivity contribution in [3.63, 3.8) is 0 Å². The van der Waals surface area contributed by atoms with Crippen molar-refractivity contribution in [3.05, 3.63) is 0 Å². The molecule has 0 amide bonds. The van der Waals surface area contributed by atoms with Gasteiger partial charge in [0.1, 0.15) is 0 Å². The lowest BCUT2D eigenvalue weighted by atomic mass is 10.2. The Kier molecular flexibility index (Phi) is 4.61. The largest absolute Gasteiger partial charge is 0.396 e. The summed E-state index contributed by atoms with van der Waals surface area (Å²) in [6.45, 7) is -1.92. The Labute approximate surface area is 85.3 Å². The van der Waals surface area contributed by atoms with E-state index in [0.29, 0.717) is 0 Å². The van der Waals surface area contributed by atoms with E-state index in [0.717, 1.165) is 4.90 Å². The van der Waals surface area contributed by atoms with Gasteiger partial charge in [-0.3, -0.25) is 4.90 Å². The van der Waals surface area contributed by atoms with Crippen LogP contribution in [0.1, 0.15) is 6.42 Å². The Morgan fingerprint density at radius 3 is 1.86 bits per heavy atom. The average Bonchev–Trinajstić information content (AvgIpc) is 2.17. The third kappa shape index (κ3) is 2.71. The molecule has 0 radical (unpaired) electrons. The van der Waals surface area contributed by atoms with E-state index in [4.69, 9.17) is 5.11 Å². The van der Waals surface area contributed by atoms with Crippen molar-refractivity contribution in [1.82, 2.24) is 4.90 Å². The van der Waals surface area contributed by atoms with E-state index in [-0.39, 0.29) is 32.0 Å². The minimum atomic E-state index is -3.93. The molecule has 86 valence electrons. The number of hydrogen-bond acceptors (Lipinski definition) is 2. The number of aliphatic hydroxyl groups excluding tert-OH is 1. The first-order chi connectivity index (χ1) is 5.89. The first-order valence-electron chi connectivity index (χ1n) is 3.98. The van der Waals surface area contributed by atoms with Crippen LogP contribution in [0.5, 0.6) is 0 Å². The molecule has 0 spiro atoms. The van der Waals surface area contributed by atoms with Gasteiger partial charge in [0.15, 0.2) is 0 Å². The SMILES string of the molecule is Cl.OCCCN1CC(F)(F)C(F)(F)C1. The Morgan fingerprint density at radius 2 is 1.50 bits per heavy atom. The van der Waals surface area contributed by atoms with Crippen LogP contribution in [-0.2, 0) is 0 Å². The zero-order valence-corrected chi connectivity index (χ0v) is 8.17. The van der Waals surface area contributed by atoms with Gasteiger partial charge in [-0.1, -0.05) is 0 Å². The predicted molar refractivity (Wildman–Crippen MR) is 45.3 cm³/mol. The van der Waals surface area contributed by atoms with Crippen LogP contribution in [-0.4, -0.2) is 48.1 Å². The lowest BCUT2D eigenvalue weighted by Crippen LogP contribution is -2.38. The lowest BCUT2D eigenvalue weighted by Gasteiger charge is -2.15. The Morgan fingerprint density at radius 1 is 1.07 bits per heavy atom. The summed E-state index contributed by atoms with van der Waals surface area (Å²) in [4.78, 5) is 0.968. The van der Waals surface area contributed by atoms with Crippen LogP contribution >= 0.6 is 12.4 Å². The Balaban J connectivity index is 0.00000169. The van der Waals surface area contributed by atoms with Crippen molar-refractivity contribution in [3.8, 4) is 0 Å². The molecular weight excluding hydrogens is 226 g/mol. The Bertz CT molecular complexity index is 175. The highest BCUT2D eigenvalue weighted by Crippen LogP contribution is 2.40. The van der Waals surface area contributed by atoms with Gasteiger partial charge in [-0.2, -0.15) is 17.6 Å². The highest BCUT2D eigenvalue weighted by atomic mass is 35.5. The summed E-state index contributed by atoms with van der Waals surface area (Å²) in [5.74, 6) is -7.86. The van der Waals surface area contributed by atoms with Gasteiger partial charge in [0.2, 0.25) is 0 Å². The van der Waals surface area contributed by atoms with Crippen molar-refractivity contribution >= 4 is 12.4 Å². The fourth-order valence-corrected chi connectivity index (χ4v) is 1.30. The molecule has 1 heterocycles. The van der Waals surface area contributed by atoms with E-state index >= 15 is 0 Å². The maximum atomic E-state index is 12.5. The predicted octanol–water partition coefficient (Wildman–Crippen LogP) is 1.38. The molecule has 1 aliphatic heterocycles. The summed E-state index contributed by atoms with van der Waals surface area (Å²) in [5.41, 5.74) is 0. The van der Waals surface area contributed by atoms with Gasteiger partial charge in [-0.05, 0) is 6.42 Å². The highest BCUT2D eigenvalue weighted by molar-refractivity contribution is 5.85. The molecule has 0 unspecified atom stereocenters. The van der Waals surface area contributed by atoms with E-state index in [1.807, 2.05) is 0 Å². The van der Waals surface area contributed by atoms with Crippen molar-refractivity contribution in [1.29, 1.82) is 0 Å². The molecule has 0 aromatic heterocycles. The number of halogens is 5. The molecule has 0 saturated carbocycles. The zero-order chi connectivity index (χ0) is 10.1. The summed E-state index contributed by atoms with van der Waals surface area (Å²) in [5, 5.41) is 8.39. The van der Waals surface area contributed by atoms with Crippen LogP contribution in [0.25, 0.3) is 0 Å². The normalized spacial score (nSPS) is 24.6. The van der Waals surface area contributed by atoms with Crippen LogP contribution in [0.15, 0.2) is 0 Å². The van der Waals surface area contributed by atoms with Crippen LogP contribution < -0.4 is 0 Å². The fraction of sp³-hybridized carbons (Fsp3) is 1.00. The van der Waals surface area contributed by atoms with E-state index < -0.39 is 24.9 Å². The second-order valence-electron chi connectivity index (χ2n) is 3.20. The summed E-state index contributed by atoms with van der Waals surface area (Å²) in [7, 11) is 0. The molecule has 0 atom stereocenters. The smallest absolute Gasteiger partial charge is 0.323 e. The lowest BCUT2D eigenvalue weighted by molar-refractivity contribution is -0.172. The average molecular weight is 238 g/mol. The van der Waals surface area contributed by atoms with Crippen molar-refractivity contribution in [2.45, 2.75) is 18.3 Å². The number of likely N-dealkylation sites (tertiary alicyclic amines) is 1. The van der Waals surface area contributed by atoms with Gasteiger partial charge in [0, 0.05) is 13.2 Å². The number of nitrogens with zero attached hydrogens (tertiary/aromatic N) is 1. The van der Waals surface area contributed by atoms with Crippen LogP contribution in [0.4, 0.5) is 17.6 Å². The second-order valence-corrected chi connectivity index (χ2v) is 3.20. The maximum Gasteiger partial charge on any atom is 0.323 e. The molecule has 0 bridgehead atoms. The van der Waals surface area contributed by atoms with Crippen LogP contribution in [0.3, 0.4) is 0 Å². The minimum Gasteiger partial charge on any atom is -0.396 e. The number of hydrogen-bond donors (Lipinski definition) is 1. The molecule has 7 heteroatoms. The molecule has 1 aliphatic rings. The molecule has 14 heavy (non-hydrogen) atoms. The molecule has 0 aromatic rings. The molecule has 1 saturated heterocycles. The molecule has 1 N–H and O–H groups in total. The third-order valence-electron chi connectivity index (χ3n) is 2.01. The van der Waals surface area contributed by atoms with E-state index in [9.17, 15) is 17.6 Å². The van der Waals surface area contributed by atoms with Gasteiger partial charge in [-0.25, -0.2) is 0 Å². The zero-order valence-electron chi connectivity index (χ0n) is 7.35. The molecular formula is C7H12ClF4NO. The van der Waals surface area contributed by atoms with Crippen LogP contribution in [0, 0.1) is 0 Å². The topological polar surface area (TPSA) is 23.5 Å². The maximum absolute atomic E-state index is 12.5. The van der Waals surface area contributed by atoms with Gasteiger partial charge >= 0.3 is 11.8 Å². The molecule has 1 rings (SSSR count). The summed E-state index contributed by atoms with van der Waals surface area (Å²) in [6.07, 6.45) is 0.242. The monoisotopic (exact) mass is 237 g/mol. The minimum absolute atomic E-state index is 0. The first-order valence-corrected chi connectivity index (χ1v) is 3.98. The van der Waals surface area contributed by atoms with E-state index in [1.54, 1.807) is 0 Å². The van der Waals surface area contributed by atoms with E-state index in [2.05, 4.69) is 0 Å².